The highest BCUT2D eigenvalue weighted by molar-refractivity contribution is 7.89. The van der Waals surface area contributed by atoms with E-state index in [4.69, 9.17) is 9.15 Å². The normalized spacial score (nSPS) is 14.8. The van der Waals surface area contributed by atoms with E-state index in [1.54, 1.807) is 36.4 Å². The molecule has 2 heterocycles. The van der Waals surface area contributed by atoms with Gasteiger partial charge in [-0.2, -0.15) is 4.31 Å². The fraction of sp³-hybridized carbons (Fsp3) is 0.346. The molecule has 186 valence electrons. The van der Waals surface area contributed by atoms with E-state index in [2.05, 4.69) is 16.3 Å². The van der Waals surface area contributed by atoms with Gasteiger partial charge in [0.25, 0.3) is 0 Å². The number of sulfonamides is 1. The van der Waals surface area contributed by atoms with Crippen molar-refractivity contribution in [2.75, 3.05) is 32.8 Å². The van der Waals surface area contributed by atoms with E-state index in [9.17, 15) is 13.2 Å². The first-order chi connectivity index (χ1) is 16.9. The first-order valence-electron chi connectivity index (χ1n) is 11.6. The zero-order valence-corrected chi connectivity index (χ0v) is 20.7. The van der Waals surface area contributed by atoms with Gasteiger partial charge in [0.05, 0.1) is 37.5 Å². The van der Waals surface area contributed by atoms with Crippen LogP contribution in [0.2, 0.25) is 0 Å². The Morgan fingerprint density at radius 3 is 2.40 bits per heavy atom. The number of furan rings is 1. The monoisotopic (exact) mass is 497 g/mol. The lowest BCUT2D eigenvalue weighted by Crippen LogP contribution is -2.40. The third-order valence-corrected chi connectivity index (χ3v) is 7.79. The van der Waals surface area contributed by atoms with Crippen molar-refractivity contribution < 1.29 is 22.4 Å². The molecule has 0 bridgehead atoms. The molecular formula is C26H31N3O5S. The second-order valence-corrected chi connectivity index (χ2v) is 10.5. The van der Waals surface area contributed by atoms with Gasteiger partial charge >= 0.3 is 0 Å². The van der Waals surface area contributed by atoms with Crippen LogP contribution in [0.15, 0.2) is 76.2 Å². The number of ether oxygens (including phenoxy) is 1. The van der Waals surface area contributed by atoms with Crippen LogP contribution >= 0.6 is 0 Å². The van der Waals surface area contributed by atoms with Gasteiger partial charge in [0.1, 0.15) is 5.76 Å². The van der Waals surface area contributed by atoms with Gasteiger partial charge in [0.2, 0.25) is 15.9 Å². The topological polar surface area (TPSA) is 92.1 Å². The Bertz CT molecular complexity index is 1200. The van der Waals surface area contributed by atoms with Crippen molar-refractivity contribution in [1.82, 2.24) is 14.5 Å². The number of hydrogen-bond acceptors (Lipinski definition) is 6. The summed E-state index contributed by atoms with van der Waals surface area (Å²) >= 11 is 0. The summed E-state index contributed by atoms with van der Waals surface area (Å²) in [6.07, 6.45) is 1.48. The van der Waals surface area contributed by atoms with Gasteiger partial charge in [-0.25, -0.2) is 8.42 Å². The maximum atomic E-state index is 13.3. The maximum absolute atomic E-state index is 13.3. The van der Waals surface area contributed by atoms with Crippen molar-refractivity contribution in [3.63, 3.8) is 0 Å². The van der Waals surface area contributed by atoms with Crippen molar-refractivity contribution in [1.29, 1.82) is 0 Å². The van der Waals surface area contributed by atoms with E-state index in [1.807, 2.05) is 25.1 Å². The summed E-state index contributed by atoms with van der Waals surface area (Å²) < 4.78 is 38.6. The number of nitrogens with one attached hydrogen (secondary N) is 1. The lowest BCUT2D eigenvalue weighted by atomic mass is 10.1. The van der Waals surface area contributed by atoms with Crippen LogP contribution in [0.3, 0.4) is 0 Å². The van der Waals surface area contributed by atoms with E-state index < -0.39 is 10.0 Å². The lowest BCUT2D eigenvalue weighted by Gasteiger charge is -2.27. The minimum atomic E-state index is -3.91. The average Bonchev–Trinajstić information content (AvgIpc) is 3.37. The Morgan fingerprint density at radius 2 is 1.71 bits per heavy atom. The predicted molar refractivity (Wildman–Crippen MR) is 132 cm³/mol. The predicted octanol–water partition coefficient (Wildman–Crippen LogP) is 2.93. The van der Waals surface area contributed by atoms with E-state index >= 15 is 0 Å². The highest BCUT2D eigenvalue weighted by Crippen LogP contribution is 2.19. The van der Waals surface area contributed by atoms with Crippen LogP contribution in [0, 0.1) is 6.92 Å². The molecular weight excluding hydrogens is 466 g/mol. The summed E-state index contributed by atoms with van der Waals surface area (Å²) in [4.78, 5) is 15.4. The van der Waals surface area contributed by atoms with Crippen molar-refractivity contribution >= 4 is 15.9 Å². The first kappa shape index (κ1) is 25.1. The van der Waals surface area contributed by atoms with Gasteiger partial charge in [0.15, 0.2) is 0 Å². The molecule has 0 saturated carbocycles. The number of amides is 1. The smallest absolute Gasteiger partial charge is 0.243 e. The van der Waals surface area contributed by atoms with Crippen molar-refractivity contribution in [2.24, 2.45) is 0 Å². The fourth-order valence-corrected chi connectivity index (χ4v) is 5.32. The molecule has 0 atom stereocenters. The minimum absolute atomic E-state index is 0.0375. The number of rotatable bonds is 10. The summed E-state index contributed by atoms with van der Waals surface area (Å²) in [6, 6.07) is 17.9. The largest absolute Gasteiger partial charge is 0.468 e. The number of hydrogen-bond donors (Lipinski definition) is 1. The summed E-state index contributed by atoms with van der Waals surface area (Å²) in [5, 5.41) is 2.90. The average molecular weight is 498 g/mol. The molecule has 1 saturated heterocycles. The van der Waals surface area contributed by atoms with E-state index in [0.29, 0.717) is 12.3 Å². The highest BCUT2D eigenvalue weighted by Gasteiger charge is 2.27. The van der Waals surface area contributed by atoms with E-state index in [-0.39, 0.29) is 23.9 Å². The molecule has 0 spiro atoms. The second-order valence-electron chi connectivity index (χ2n) is 8.60. The van der Waals surface area contributed by atoms with Crippen LogP contribution in [0.4, 0.5) is 0 Å². The molecule has 2 aromatic carbocycles. The summed E-state index contributed by atoms with van der Waals surface area (Å²) in [5.41, 5.74) is 3.09. The quantitative estimate of drug-likeness (QED) is 0.463. The Labute approximate surface area is 206 Å². The van der Waals surface area contributed by atoms with Crippen LogP contribution < -0.4 is 5.32 Å². The van der Waals surface area contributed by atoms with Gasteiger partial charge in [-0.1, -0.05) is 42.0 Å². The summed E-state index contributed by atoms with van der Waals surface area (Å²) in [7, 11) is -3.91. The number of carbonyl (C=O) groups is 1. The van der Waals surface area contributed by atoms with Crippen LogP contribution in [0.5, 0.6) is 0 Å². The molecule has 1 aromatic heterocycles. The molecule has 1 amide bonds. The van der Waals surface area contributed by atoms with Gasteiger partial charge in [-0.15, -0.1) is 0 Å². The van der Waals surface area contributed by atoms with Crippen molar-refractivity contribution in [3.05, 3.63) is 89.4 Å². The number of aryl methyl sites for hydroxylation is 1. The molecule has 35 heavy (non-hydrogen) atoms. The van der Waals surface area contributed by atoms with Crippen molar-refractivity contribution in [3.8, 4) is 0 Å². The molecule has 0 unspecified atom stereocenters. The van der Waals surface area contributed by atoms with Crippen LogP contribution in [0.1, 0.15) is 22.5 Å². The van der Waals surface area contributed by atoms with E-state index in [1.165, 1.54) is 6.26 Å². The highest BCUT2D eigenvalue weighted by atomic mass is 32.2. The Balaban J connectivity index is 1.44. The number of morpholine rings is 1. The Hall–Kier alpha value is -2.98. The first-order valence-corrected chi connectivity index (χ1v) is 13.1. The van der Waals surface area contributed by atoms with Gasteiger partial charge in [-0.3, -0.25) is 9.69 Å². The maximum Gasteiger partial charge on any atom is 0.243 e. The molecule has 0 radical (unpaired) electrons. The molecule has 4 rings (SSSR count). The zero-order valence-electron chi connectivity index (χ0n) is 19.9. The molecule has 9 heteroatoms. The molecule has 3 aromatic rings. The Morgan fingerprint density at radius 1 is 1.00 bits per heavy atom. The number of carbonyl (C=O) groups excluding carboxylic acids is 1. The third-order valence-electron chi connectivity index (χ3n) is 5.98. The van der Waals surface area contributed by atoms with Crippen LogP contribution in [-0.2, 0) is 39.2 Å². The molecule has 8 nitrogen and oxygen atoms in total. The summed E-state index contributed by atoms with van der Waals surface area (Å²) in [6.45, 7) is 5.83. The van der Waals surface area contributed by atoms with Crippen LogP contribution in [-0.4, -0.2) is 56.4 Å². The molecule has 1 fully saturated rings. The number of benzene rings is 2. The molecule has 1 N–H and O–H groups in total. The lowest BCUT2D eigenvalue weighted by molar-refractivity contribution is -0.121. The van der Waals surface area contributed by atoms with Crippen molar-refractivity contribution in [2.45, 2.75) is 31.5 Å². The fourth-order valence-electron chi connectivity index (χ4n) is 3.96. The number of nitrogens with zero attached hydrogens (tertiary/aromatic N) is 2. The van der Waals surface area contributed by atoms with Gasteiger partial charge in [-0.05, 0) is 42.3 Å². The minimum Gasteiger partial charge on any atom is -0.468 e. The van der Waals surface area contributed by atoms with Gasteiger partial charge in [0, 0.05) is 26.2 Å². The molecule has 0 aliphatic carbocycles. The van der Waals surface area contributed by atoms with E-state index in [0.717, 1.165) is 53.8 Å². The molecule has 1 aliphatic heterocycles. The third kappa shape index (κ3) is 6.79. The standard InChI is InChI=1S/C26H31N3O5S/c1-21-8-10-25(11-9-21)35(31,32)29(19-24-7-4-14-34-24)20-26(30)27-17-22-5-2-3-6-23(22)18-28-12-15-33-16-13-28/h2-11,14H,12-13,15-20H2,1H3,(H,27,30). The SMILES string of the molecule is Cc1ccc(S(=O)(=O)N(CC(=O)NCc2ccccc2CN2CCOCC2)Cc2ccco2)cc1. The zero-order chi connectivity index (χ0) is 24.7. The van der Waals surface area contributed by atoms with Crippen LogP contribution in [0.25, 0.3) is 0 Å². The molecule has 1 aliphatic rings. The van der Waals surface area contributed by atoms with Gasteiger partial charge < -0.3 is 14.5 Å². The second kappa shape index (κ2) is 11.6. The Kier molecular flexibility index (Phi) is 8.35. The summed E-state index contributed by atoms with van der Waals surface area (Å²) in [5.74, 6) is 0.0813.